The summed E-state index contributed by atoms with van der Waals surface area (Å²) in [7, 11) is 0. The molecule has 3 fully saturated rings. The van der Waals surface area contributed by atoms with Crippen LogP contribution in [0.3, 0.4) is 0 Å². The molecule has 8 nitrogen and oxygen atoms in total. The molecule has 1 saturated heterocycles. The smallest absolute Gasteiger partial charge is 0.231 e. The van der Waals surface area contributed by atoms with Gasteiger partial charge in [-0.1, -0.05) is 26.8 Å². The molecule has 35 heavy (non-hydrogen) atoms. The van der Waals surface area contributed by atoms with Crippen LogP contribution < -0.4 is 10.1 Å². The second-order valence-corrected chi connectivity index (χ2v) is 12.5. The summed E-state index contributed by atoms with van der Waals surface area (Å²) >= 11 is 0. The summed E-state index contributed by atoms with van der Waals surface area (Å²) in [5, 5.41) is 36.0. The molecule has 190 valence electrons. The number of amides is 1. The number of hydrogen-bond acceptors (Lipinski definition) is 7. The highest BCUT2D eigenvalue weighted by molar-refractivity contribution is 6.06. The van der Waals surface area contributed by atoms with Gasteiger partial charge in [0.15, 0.2) is 23.4 Å². The Hall–Kier alpha value is -2.16. The van der Waals surface area contributed by atoms with E-state index in [-0.39, 0.29) is 36.4 Å². The maximum atomic E-state index is 13.9. The number of piperidine rings is 1. The number of benzene rings is 1. The zero-order chi connectivity index (χ0) is 24.9. The van der Waals surface area contributed by atoms with Gasteiger partial charge < -0.3 is 25.4 Å². The molecule has 2 heterocycles. The zero-order valence-corrected chi connectivity index (χ0v) is 20.7. The highest BCUT2D eigenvalue weighted by Gasteiger charge is 2.75. The first kappa shape index (κ1) is 23.3. The standard InChI is InChI=1S/C27H36N2O6/c1-25(2,3)18(13-30)28-24(33)16-11-27(34)19-10-15-6-7-17(31)22-20(15)26(27,23(35-22)21(16)32)8-9-29(19)12-14-4-5-14/h6-7,14,16,18-19,23,30-31,34H,4-5,8-13H2,1-3H3,(H,28,33)/t16?,18-,19-,23+,26+,27-/m1/s1. The van der Waals surface area contributed by atoms with E-state index in [1.54, 1.807) is 6.07 Å². The topological polar surface area (TPSA) is 119 Å². The van der Waals surface area contributed by atoms with Crippen molar-refractivity contribution in [2.24, 2.45) is 17.3 Å². The van der Waals surface area contributed by atoms with Gasteiger partial charge in [-0.15, -0.1) is 0 Å². The lowest BCUT2D eigenvalue weighted by Gasteiger charge is -2.63. The number of ketones is 1. The fraction of sp³-hybridized carbons (Fsp3) is 0.704. The van der Waals surface area contributed by atoms with Crippen molar-refractivity contribution >= 4 is 11.7 Å². The highest BCUT2D eigenvalue weighted by atomic mass is 16.5. The van der Waals surface area contributed by atoms with Crippen LogP contribution in [0.4, 0.5) is 0 Å². The number of phenols is 1. The Kier molecular flexibility index (Phi) is 4.94. The van der Waals surface area contributed by atoms with E-state index in [9.17, 15) is 24.9 Å². The SMILES string of the molecule is CC(C)(C)[C@@H](CO)NC(=O)C1C[C@@]2(O)[C@H]3Cc4ccc(O)c5c4[C@@]2(CCN3CC2CC2)[C@@H](O5)C1=O. The monoisotopic (exact) mass is 484 g/mol. The maximum Gasteiger partial charge on any atom is 0.231 e. The first-order valence-electron chi connectivity index (χ1n) is 12.9. The predicted molar refractivity (Wildman–Crippen MR) is 127 cm³/mol. The fourth-order valence-electron chi connectivity index (χ4n) is 7.33. The molecule has 0 aromatic heterocycles. The van der Waals surface area contributed by atoms with Gasteiger partial charge in [-0.25, -0.2) is 0 Å². The third-order valence-corrected chi connectivity index (χ3v) is 9.49. The Bertz CT molecular complexity index is 1090. The van der Waals surface area contributed by atoms with Gasteiger partial charge in [0.05, 0.1) is 23.7 Å². The lowest BCUT2D eigenvalue weighted by molar-refractivity contribution is -0.198. The van der Waals surface area contributed by atoms with Gasteiger partial charge in [0.1, 0.15) is 5.92 Å². The molecule has 3 aliphatic carbocycles. The Balaban J connectivity index is 1.43. The number of aliphatic hydroxyl groups is 2. The number of aliphatic hydroxyl groups excluding tert-OH is 1. The van der Waals surface area contributed by atoms with Crippen molar-refractivity contribution in [2.75, 3.05) is 19.7 Å². The minimum atomic E-state index is -1.34. The molecular weight excluding hydrogens is 448 g/mol. The lowest BCUT2D eigenvalue weighted by Crippen LogP contribution is -2.78. The minimum absolute atomic E-state index is 0.0141. The molecule has 2 aliphatic heterocycles. The molecule has 5 aliphatic rings. The van der Waals surface area contributed by atoms with E-state index in [2.05, 4.69) is 10.2 Å². The van der Waals surface area contributed by atoms with Crippen LogP contribution in [-0.2, 0) is 21.4 Å². The number of hydrogen-bond donors (Lipinski definition) is 4. The summed E-state index contributed by atoms with van der Waals surface area (Å²) in [5.41, 5.74) is -0.929. The molecule has 2 bridgehead atoms. The second kappa shape index (κ2) is 7.43. The molecule has 1 spiro atoms. The van der Waals surface area contributed by atoms with Crippen LogP contribution >= 0.6 is 0 Å². The molecular formula is C27H36N2O6. The Morgan fingerprint density at radius 2 is 2.06 bits per heavy atom. The summed E-state index contributed by atoms with van der Waals surface area (Å²) in [6.45, 7) is 7.17. The molecule has 1 aromatic rings. The fourth-order valence-corrected chi connectivity index (χ4v) is 7.33. The van der Waals surface area contributed by atoms with E-state index in [1.807, 2.05) is 26.8 Å². The molecule has 1 amide bonds. The minimum Gasteiger partial charge on any atom is -0.504 e. The first-order chi connectivity index (χ1) is 16.5. The number of rotatable bonds is 5. The van der Waals surface area contributed by atoms with Crippen LogP contribution in [0.2, 0.25) is 0 Å². The average Bonchev–Trinajstić information content (AvgIpc) is 3.53. The first-order valence-corrected chi connectivity index (χ1v) is 12.9. The average molecular weight is 485 g/mol. The number of nitrogens with one attached hydrogen (secondary N) is 1. The maximum absolute atomic E-state index is 13.9. The van der Waals surface area contributed by atoms with Gasteiger partial charge in [-0.2, -0.15) is 0 Å². The van der Waals surface area contributed by atoms with Crippen LogP contribution in [0, 0.1) is 17.3 Å². The van der Waals surface area contributed by atoms with Crippen molar-refractivity contribution in [2.45, 2.75) is 82.1 Å². The molecule has 1 unspecified atom stereocenters. The van der Waals surface area contributed by atoms with E-state index in [0.717, 1.165) is 24.2 Å². The third kappa shape index (κ3) is 3.09. The molecule has 8 heteroatoms. The Labute approximate surface area is 205 Å². The number of Topliss-reactive ketones (excluding diaryl/α,β-unsaturated/α-hetero) is 1. The van der Waals surface area contributed by atoms with Crippen LogP contribution in [0.5, 0.6) is 11.5 Å². The largest absolute Gasteiger partial charge is 0.504 e. The van der Waals surface area contributed by atoms with Gasteiger partial charge in [0.2, 0.25) is 5.91 Å². The van der Waals surface area contributed by atoms with Crippen LogP contribution in [0.15, 0.2) is 12.1 Å². The van der Waals surface area contributed by atoms with Crippen molar-refractivity contribution in [3.8, 4) is 11.5 Å². The summed E-state index contributed by atoms with van der Waals surface area (Å²) in [6, 6.07) is 2.75. The predicted octanol–water partition coefficient (Wildman–Crippen LogP) is 1.27. The summed E-state index contributed by atoms with van der Waals surface area (Å²) < 4.78 is 6.19. The second-order valence-electron chi connectivity index (χ2n) is 12.5. The normalized spacial score (nSPS) is 36.4. The molecule has 6 atom stereocenters. The van der Waals surface area contributed by atoms with Crippen molar-refractivity contribution in [3.05, 3.63) is 23.3 Å². The van der Waals surface area contributed by atoms with Gasteiger partial charge >= 0.3 is 0 Å². The molecule has 6 rings (SSSR count). The van der Waals surface area contributed by atoms with E-state index in [1.165, 1.54) is 12.8 Å². The third-order valence-electron chi connectivity index (χ3n) is 9.49. The van der Waals surface area contributed by atoms with Crippen molar-refractivity contribution in [1.29, 1.82) is 0 Å². The zero-order valence-electron chi connectivity index (χ0n) is 20.7. The van der Waals surface area contributed by atoms with Gasteiger partial charge in [-0.05, 0) is 61.6 Å². The van der Waals surface area contributed by atoms with Crippen molar-refractivity contribution in [3.63, 3.8) is 0 Å². The lowest BCUT2D eigenvalue weighted by atomic mass is 9.47. The van der Waals surface area contributed by atoms with Crippen LogP contribution in [0.25, 0.3) is 0 Å². The Morgan fingerprint density at radius 1 is 1.31 bits per heavy atom. The Morgan fingerprint density at radius 3 is 2.71 bits per heavy atom. The summed E-state index contributed by atoms with van der Waals surface area (Å²) in [4.78, 5) is 29.7. The number of phenolic OH excluding ortho intramolecular Hbond substituents is 1. The van der Waals surface area contributed by atoms with Crippen molar-refractivity contribution in [1.82, 2.24) is 10.2 Å². The van der Waals surface area contributed by atoms with Crippen LogP contribution in [0.1, 0.15) is 57.6 Å². The summed E-state index contributed by atoms with van der Waals surface area (Å²) in [5.74, 6) is -1.02. The molecule has 0 radical (unpaired) electrons. The number of aromatic hydroxyl groups is 1. The van der Waals surface area contributed by atoms with Crippen LogP contribution in [-0.4, -0.2) is 75.4 Å². The van der Waals surface area contributed by atoms with E-state index < -0.39 is 40.4 Å². The van der Waals surface area contributed by atoms with E-state index in [4.69, 9.17) is 4.74 Å². The number of carbonyl (C=O) groups excluding carboxylic acids is 2. The molecule has 4 N–H and O–H groups in total. The molecule has 1 aromatic carbocycles. The number of carbonyl (C=O) groups is 2. The number of ether oxygens (including phenoxy) is 1. The van der Waals surface area contributed by atoms with Crippen molar-refractivity contribution < 1.29 is 29.6 Å². The van der Waals surface area contributed by atoms with E-state index >= 15 is 0 Å². The van der Waals surface area contributed by atoms with Gasteiger partial charge in [-0.3, -0.25) is 14.5 Å². The van der Waals surface area contributed by atoms with E-state index in [0.29, 0.717) is 18.8 Å². The quantitative estimate of drug-likeness (QED) is 0.465. The number of nitrogens with zero attached hydrogens (tertiary/aromatic N) is 1. The highest BCUT2D eigenvalue weighted by Crippen LogP contribution is 2.65. The summed E-state index contributed by atoms with van der Waals surface area (Å²) in [6.07, 6.45) is 2.53. The number of likely N-dealkylation sites (tertiary alicyclic amines) is 1. The van der Waals surface area contributed by atoms with Gasteiger partial charge in [0, 0.05) is 18.2 Å². The van der Waals surface area contributed by atoms with Gasteiger partial charge in [0.25, 0.3) is 0 Å². The molecule has 2 saturated carbocycles.